The van der Waals surface area contributed by atoms with Gasteiger partial charge in [-0.3, -0.25) is 4.79 Å². The van der Waals surface area contributed by atoms with E-state index in [1.165, 1.54) is 12.8 Å². The molecule has 1 aromatic carbocycles. The fraction of sp³-hybridized carbons (Fsp3) is 0.462. The predicted octanol–water partition coefficient (Wildman–Crippen LogP) is 2.84. The number of nitrogens with one attached hydrogen (secondary N) is 1. The van der Waals surface area contributed by atoms with Crippen molar-refractivity contribution >= 4 is 23.2 Å². The van der Waals surface area contributed by atoms with Gasteiger partial charge in [0, 0.05) is 11.6 Å². The van der Waals surface area contributed by atoms with Crippen LogP contribution in [0.3, 0.4) is 0 Å². The van der Waals surface area contributed by atoms with E-state index >= 15 is 0 Å². The molecule has 4 heteroatoms. The number of hydrogen-bond acceptors (Lipinski definition) is 2. The molecule has 1 fully saturated rings. The lowest BCUT2D eigenvalue weighted by atomic mass is 10.1. The Morgan fingerprint density at radius 2 is 2.29 bits per heavy atom. The number of carbonyl (C=O) groups excluding carboxylic acids is 1. The van der Waals surface area contributed by atoms with Crippen LogP contribution in [0.2, 0.25) is 5.02 Å². The van der Waals surface area contributed by atoms with Crippen molar-refractivity contribution in [2.45, 2.75) is 32.2 Å². The van der Waals surface area contributed by atoms with E-state index in [-0.39, 0.29) is 11.9 Å². The summed E-state index contributed by atoms with van der Waals surface area (Å²) in [7, 11) is 0. The molecular weight excluding hydrogens is 236 g/mol. The van der Waals surface area contributed by atoms with Gasteiger partial charge in [-0.1, -0.05) is 24.4 Å². The number of anilines is 1. The van der Waals surface area contributed by atoms with Crippen molar-refractivity contribution in [1.29, 1.82) is 0 Å². The molecule has 0 saturated heterocycles. The van der Waals surface area contributed by atoms with Gasteiger partial charge in [-0.05, 0) is 37.5 Å². The van der Waals surface area contributed by atoms with E-state index in [0.717, 1.165) is 12.3 Å². The van der Waals surface area contributed by atoms with Gasteiger partial charge < -0.3 is 11.1 Å². The van der Waals surface area contributed by atoms with Crippen molar-refractivity contribution in [1.82, 2.24) is 5.32 Å². The first-order chi connectivity index (χ1) is 8.06. The highest BCUT2D eigenvalue weighted by atomic mass is 35.5. The summed E-state index contributed by atoms with van der Waals surface area (Å²) in [6, 6.07) is 5.17. The van der Waals surface area contributed by atoms with E-state index in [4.69, 9.17) is 17.3 Å². The summed E-state index contributed by atoms with van der Waals surface area (Å²) in [5.74, 6) is 0.724. The minimum absolute atomic E-state index is 0.0819. The number of benzene rings is 1. The molecule has 1 aliphatic carbocycles. The smallest absolute Gasteiger partial charge is 0.251 e. The quantitative estimate of drug-likeness (QED) is 0.810. The van der Waals surface area contributed by atoms with Crippen LogP contribution in [-0.4, -0.2) is 11.9 Å². The standard InChI is InChI=1S/C13H17ClN2O/c1-8(6-9-2-3-9)16-13(17)10-4-5-11(14)12(15)7-10/h4-5,7-9H,2-3,6,15H2,1H3,(H,16,17). The number of rotatable bonds is 4. The zero-order valence-electron chi connectivity index (χ0n) is 9.87. The van der Waals surface area contributed by atoms with Crippen molar-refractivity contribution in [2.24, 2.45) is 5.92 Å². The van der Waals surface area contributed by atoms with Crippen LogP contribution in [0.15, 0.2) is 18.2 Å². The van der Waals surface area contributed by atoms with Crippen LogP contribution in [-0.2, 0) is 0 Å². The molecule has 0 spiro atoms. The van der Waals surface area contributed by atoms with Gasteiger partial charge in [0.25, 0.3) is 5.91 Å². The third-order valence-electron chi connectivity index (χ3n) is 3.02. The molecule has 1 aromatic rings. The van der Waals surface area contributed by atoms with Crippen molar-refractivity contribution in [3.05, 3.63) is 28.8 Å². The first kappa shape index (κ1) is 12.2. The molecule has 17 heavy (non-hydrogen) atoms. The summed E-state index contributed by atoms with van der Waals surface area (Å²) < 4.78 is 0. The molecule has 1 amide bonds. The Kier molecular flexibility index (Phi) is 3.57. The Hall–Kier alpha value is -1.22. The van der Waals surface area contributed by atoms with E-state index in [2.05, 4.69) is 5.32 Å². The van der Waals surface area contributed by atoms with Gasteiger partial charge in [0.15, 0.2) is 0 Å². The lowest BCUT2D eigenvalue weighted by molar-refractivity contribution is 0.0937. The van der Waals surface area contributed by atoms with Crippen molar-refractivity contribution < 1.29 is 4.79 Å². The van der Waals surface area contributed by atoms with Crippen LogP contribution >= 0.6 is 11.6 Å². The van der Waals surface area contributed by atoms with Gasteiger partial charge in [-0.2, -0.15) is 0 Å². The largest absolute Gasteiger partial charge is 0.398 e. The summed E-state index contributed by atoms with van der Waals surface area (Å²) in [5.41, 5.74) is 6.67. The average molecular weight is 253 g/mol. The highest BCUT2D eigenvalue weighted by Gasteiger charge is 2.24. The van der Waals surface area contributed by atoms with Crippen LogP contribution < -0.4 is 11.1 Å². The molecule has 1 saturated carbocycles. The molecule has 0 heterocycles. The molecule has 0 aromatic heterocycles. The normalized spacial score (nSPS) is 16.6. The van der Waals surface area contributed by atoms with Gasteiger partial charge in [0.05, 0.1) is 10.7 Å². The first-order valence-corrected chi connectivity index (χ1v) is 6.30. The molecule has 1 unspecified atom stereocenters. The zero-order chi connectivity index (χ0) is 12.4. The van der Waals surface area contributed by atoms with E-state index < -0.39 is 0 Å². The number of carbonyl (C=O) groups is 1. The van der Waals surface area contributed by atoms with E-state index in [0.29, 0.717) is 16.3 Å². The van der Waals surface area contributed by atoms with Crippen LogP contribution in [0, 0.1) is 5.92 Å². The zero-order valence-corrected chi connectivity index (χ0v) is 10.6. The van der Waals surface area contributed by atoms with Crippen LogP contribution in [0.4, 0.5) is 5.69 Å². The Balaban J connectivity index is 1.95. The van der Waals surface area contributed by atoms with Crippen molar-refractivity contribution in [3.63, 3.8) is 0 Å². The predicted molar refractivity (Wildman–Crippen MR) is 70.1 cm³/mol. The van der Waals surface area contributed by atoms with Crippen LogP contribution in [0.5, 0.6) is 0 Å². The fourth-order valence-electron chi connectivity index (χ4n) is 1.90. The molecule has 0 bridgehead atoms. The SMILES string of the molecule is CC(CC1CC1)NC(=O)c1ccc(Cl)c(N)c1. The minimum atomic E-state index is -0.0819. The van der Waals surface area contributed by atoms with Gasteiger partial charge >= 0.3 is 0 Å². The maximum absolute atomic E-state index is 11.9. The lowest BCUT2D eigenvalue weighted by Gasteiger charge is -2.13. The Morgan fingerprint density at radius 3 is 2.88 bits per heavy atom. The minimum Gasteiger partial charge on any atom is -0.398 e. The summed E-state index contributed by atoms with van der Waals surface area (Å²) >= 11 is 5.81. The van der Waals surface area contributed by atoms with Gasteiger partial charge in [0.1, 0.15) is 0 Å². The van der Waals surface area contributed by atoms with Gasteiger partial charge in [-0.15, -0.1) is 0 Å². The van der Waals surface area contributed by atoms with Crippen molar-refractivity contribution in [3.8, 4) is 0 Å². The molecule has 0 aliphatic heterocycles. The molecule has 3 nitrogen and oxygen atoms in total. The maximum atomic E-state index is 11.9. The summed E-state index contributed by atoms with van der Waals surface area (Å²) in [6.45, 7) is 2.04. The third kappa shape index (κ3) is 3.37. The Morgan fingerprint density at radius 1 is 1.59 bits per heavy atom. The number of nitrogen functional groups attached to an aromatic ring is 1. The second-order valence-electron chi connectivity index (χ2n) is 4.79. The Bertz CT molecular complexity index is 429. The average Bonchev–Trinajstić information content (AvgIpc) is 3.05. The monoisotopic (exact) mass is 252 g/mol. The molecule has 1 aliphatic rings. The molecule has 2 rings (SSSR count). The van der Waals surface area contributed by atoms with E-state index in [9.17, 15) is 4.79 Å². The van der Waals surface area contributed by atoms with Gasteiger partial charge in [0.2, 0.25) is 0 Å². The third-order valence-corrected chi connectivity index (χ3v) is 3.36. The van der Waals surface area contributed by atoms with E-state index in [1.807, 2.05) is 6.92 Å². The molecule has 0 radical (unpaired) electrons. The van der Waals surface area contributed by atoms with Gasteiger partial charge in [-0.25, -0.2) is 0 Å². The highest BCUT2D eigenvalue weighted by molar-refractivity contribution is 6.33. The molecule has 92 valence electrons. The van der Waals surface area contributed by atoms with Crippen LogP contribution in [0.25, 0.3) is 0 Å². The summed E-state index contributed by atoms with van der Waals surface area (Å²) in [4.78, 5) is 11.9. The second-order valence-corrected chi connectivity index (χ2v) is 5.20. The molecular formula is C13H17ClN2O. The molecule has 1 atom stereocenters. The topological polar surface area (TPSA) is 55.1 Å². The highest BCUT2D eigenvalue weighted by Crippen LogP contribution is 2.33. The number of hydrogen-bond donors (Lipinski definition) is 2. The summed E-state index contributed by atoms with van der Waals surface area (Å²) in [5, 5.41) is 3.46. The maximum Gasteiger partial charge on any atom is 0.251 e. The lowest BCUT2D eigenvalue weighted by Crippen LogP contribution is -2.32. The first-order valence-electron chi connectivity index (χ1n) is 5.92. The number of amides is 1. The van der Waals surface area contributed by atoms with Crippen LogP contribution in [0.1, 0.15) is 36.5 Å². The molecule has 3 N–H and O–H groups in total. The second kappa shape index (κ2) is 4.96. The number of halogens is 1. The van der Waals surface area contributed by atoms with Crippen molar-refractivity contribution in [2.75, 3.05) is 5.73 Å². The van der Waals surface area contributed by atoms with E-state index in [1.54, 1.807) is 18.2 Å². The summed E-state index contributed by atoms with van der Waals surface area (Å²) in [6.07, 6.45) is 3.66. The fourth-order valence-corrected chi connectivity index (χ4v) is 2.02. The number of nitrogens with two attached hydrogens (primary N) is 1. The Labute approximate surface area is 106 Å².